The van der Waals surface area contributed by atoms with E-state index in [4.69, 9.17) is 5.73 Å². The van der Waals surface area contributed by atoms with E-state index in [0.717, 1.165) is 25.0 Å². The Hall–Kier alpha value is -1.25. The van der Waals surface area contributed by atoms with Gasteiger partial charge >= 0.3 is 6.18 Å². The van der Waals surface area contributed by atoms with Crippen LogP contribution in [0.25, 0.3) is 0 Å². The third-order valence-corrected chi connectivity index (χ3v) is 4.89. The van der Waals surface area contributed by atoms with Crippen LogP contribution in [0.5, 0.6) is 0 Å². The number of pyridine rings is 1. The first-order valence-electron chi connectivity index (χ1n) is 8.16. The maximum Gasteiger partial charge on any atom is 0.416 e. The molecule has 1 amide bonds. The van der Waals surface area contributed by atoms with Gasteiger partial charge in [0.1, 0.15) is 5.82 Å². The molecule has 0 unspecified atom stereocenters. The van der Waals surface area contributed by atoms with Crippen molar-refractivity contribution in [2.24, 2.45) is 5.73 Å². The maximum absolute atomic E-state index is 12.8. The number of amides is 1. The Morgan fingerprint density at radius 2 is 1.69 bits per heavy atom. The van der Waals surface area contributed by atoms with Crippen molar-refractivity contribution < 1.29 is 18.0 Å². The third-order valence-electron chi connectivity index (χ3n) is 4.89. The van der Waals surface area contributed by atoms with Crippen molar-refractivity contribution in [1.82, 2.24) is 9.88 Å². The van der Waals surface area contributed by atoms with E-state index in [1.54, 1.807) is 9.80 Å². The van der Waals surface area contributed by atoms with Crippen molar-refractivity contribution in [2.45, 2.75) is 37.4 Å². The molecule has 5 nitrogen and oxygen atoms in total. The van der Waals surface area contributed by atoms with Gasteiger partial charge in [-0.1, -0.05) is 12.8 Å². The zero-order valence-electron chi connectivity index (χ0n) is 14.2. The fourth-order valence-corrected chi connectivity index (χ4v) is 3.44. The van der Waals surface area contributed by atoms with Crippen LogP contribution in [0.3, 0.4) is 0 Å². The molecule has 0 spiro atoms. The molecule has 1 aliphatic heterocycles. The van der Waals surface area contributed by atoms with Crippen LogP contribution in [-0.4, -0.2) is 47.5 Å². The first-order chi connectivity index (χ1) is 11.3. The summed E-state index contributed by atoms with van der Waals surface area (Å²) in [6, 6.07) is 2.01. The predicted octanol–water partition coefficient (Wildman–Crippen LogP) is 2.86. The lowest BCUT2D eigenvalue weighted by molar-refractivity contribution is -0.137. The summed E-state index contributed by atoms with van der Waals surface area (Å²) in [5.74, 6) is 0.261. The van der Waals surface area contributed by atoms with E-state index >= 15 is 0 Å². The highest BCUT2D eigenvalue weighted by Gasteiger charge is 2.40. The Morgan fingerprint density at radius 1 is 1.12 bits per heavy atom. The Bertz CT molecular complexity index is 616. The van der Waals surface area contributed by atoms with Gasteiger partial charge in [-0.05, 0) is 25.0 Å². The van der Waals surface area contributed by atoms with Crippen molar-refractivity contribution in [3.8, 4) is 0 Å². The highest BCUT2D eigenvalue weighted by atomic mass is 35.5. The molecular weight excluding hydrogens is 392 g/mol. The maximum atomic E-state index is 12.8. The highest BCUT2D eigenvalue weighted by Crippen LogP contribution is 2.32. The van der Waals surface area contributed by atoms with Crippen molar-refractivity contribution in [2.75, 3.05) is 31.1 Å². The fourth-order valence-electron chi connectivity index (χ4n) is 3.44. The summed E-state index contributed by atoms with van der Waals surface area (Å²) in [4.78, 5) is 20.1. The molecule has 1 aromatic rings. The number of nitrogens with two attached hydrogens (primary N) is 1. The number of piperazine rings is 1. The van der Waals surface area contributed by atoms with Gasteiger partial charge in [-0.25, -0.2) is 4.98 Å². The van der Waals surface area contributed by atoms with Gasteiger partial charge in [0.2, 0.25) is 5.91 Å². The van der Waals surface area contributed by atoms with Crippen molar-refractivity contribution in [3.05, 3.63) is 23.9 Å². The number of aromatic nitrogens is 1. The SMILES string of the molecule is Cl.Cl.NC1(C(=O)N2CCN(c3cc(C(F)(F)F)ccn3)CC2)CCCC1. The van der Waals surface area contributed by atoms with E-state index in [9.17, 15) is 18.0 Å². The number of carbonyl (C=O) groups excluding carboxylic acids is 1. The van der Waals surface area contributed by atoms with Gasteiger partial charge in [0.15, 0.2) is 0 Å². The summed E-state index contributed by atoms with van der Waals surface area (Å²) in [6.07, 6.45) is 0.141. The Morgan fingerprint density at radius 3 is 2.23 bits per heavy atom. The van der Waals surface area contributed by atoms with Crippen molar-refractivity contribution >= 4 is 36.5 Å². The molecule has 1 saturated carbocycles. The van der Waals surface area contributed by atoms with Crippen molar-refractivity contribution in [1.29, 1.82) is 0 Å². The number of halogens is 5. The largest absolute Gasteiger partial charge is 0.416 e. The molecule has 2 aliphatic rings. The molecule has 2 heterocycles. The average molecular weight is 415 g/mol. The van der Waals surface area contributed by atoms with Crippen LogP contribution in [0.4, 0.5) is 19.0 Å². The second-order valence-corrected chi connectivity index (χ2v) is 6.54. The van der Waals surface area contributed by atoms with Gasteiger partial charge in [-0.15, -0.1) is 24.8 Å². The molecule has 3 rings (SSSR count). The van der Waals surface area contributed by atoms with Crippen molar-refractivity contribution in [3.63, 3.8) is 0 Å². The zero-order valence-corrected chi connectivity index (χ0v) is 15.8. The van der Waals surface area contributed by atoms with E-state index in [-0.39, 0.29) is 30.7 Å². The Balaban J connectivity index is 0.00000169. The predicted molar refractivity (Wildman–Crippen MR) is 97.9 cm³/mol. The molecule has 2 fully saturated rings. The van der Waals surface area contributed by atoms with Crippen LogP contribution >= 0.6 is 24.8 Å². The zero-order chi connectivity index (χ0) is 17.4. The molecule has 1 saturated heterocycles. The fraction of sp³-hybridized carbons (Fsp3) is 0.625. The van der Waals surface area contributed by atoms with Gasteiger partial charge < -0.3 is 15.5 Å². The minimum atomic E-state index is -4.39. The van der Waals surface area contributed by atoms with Crippen LogP contribution in [0.2, 0.25) is 0 Å². The average Bonchev–Trinajstić information content (AvgIpc) is 3.02. The second-order valence-electron chi connectivity index (χ2n) is 6.54. The van der Waals surface area contributed by atoms with Gasteiger partial charge in [-0.3, -0.25) is 4.79 Å². The summed E-state index contributed by atoms with van der Waals surface area (Å²) in [6.45, 7) is 1.82. The van der Waals surface area contributed by atoms with Gasteiger partial charge in [0.05, 0.1) is 11.1 Å². The molecule has 2 N–H and O–H groups in total. The molecule has 0 aromatic carbocycles. The summed E-state index contributed by atoms with van der Waals surface area (Å²) in [7, 11) is 0. The third kappa shape index (κ3) is 4.72. The molecular formula is C16H23Cl2F3N4O. The summed E-state index contributed by atoms with van der Waals surface area (Å²) in [5.41, 5.74) is 4.74. The van der Waals surface area contributed by atoms with E-state index in [0.29, 0.717) is 44.8 Å². The normalized spacial score (nSPS) is 19.5. The molecule has 1 aromatic heterocycles. The summed E-state index contributed by atoms with van der Waals surface area (Å²) >= 11 is 0. The Kier molecular flexibility index (Phi) is 7.56. The first kappa shape index (κ1) is 22.8. The monoisotopic (exact) mass is 414 g/mol. The molecule has 26 heavy (non-hydrogen) atoms. The summed E-state index contributed by atoms with van der Waals surface area (Å²) < 4.78 is 38.4. The lowest BCUT2D eigenvalue weighted by Crippen LogP contribution is -2.58. The smallest absolute Gasteiger partial charge is 0.353 e. The molecule has 10 heteroatoms. The molecule has 0 radical (unpaired) electrons. The van der Waals surface area contributed by atoms with E-state index < -0.39 is 17.3 Å². The number of hydrogen-bond acceptors (Lipinski definition) is 4. The van der Waals surface area contributed by atoms with Gasteiger partial charge in [-0.2, -0.15) is 13.2 Å². The van der Waals surface area contributed by atoms with E-state index in [1.165, 1.54) is 6.20 Å². The highest BCUT2D eigenvalue weighted by molar-refractivity contribution is 5.86. The number of hydrogen-bond donors (Lipinski definition) is 1. The first-order valence-corrected chi connectivity index (χ1v) is 8.16. The minimum Gasteiger partial charge on any atom is -0.353 e. The second kappa shape index (κ2) is 8.63. The van der Waals surface area contributed by atoms with E-state index in [2.05, 4.69) is 4.98 Å². The van der Waals surface area contributed by atoms with Crippen LogP contribution < -0.4 is 10.6 Å². The number of carbonyl (C=O) groups is 1. The molecule has 148 valence electrons. The number of nitrogens with zero attached hydrogens (tertiary/aromatic N) is 3. The van der Waals surface area contributed by atoms with Crippen LogP contribution in [0.1, 0.15) is 31.2 Å². The van der Waals surface area contributed by atoms with Crippen LogP contribution in [0, 0.1) is 0 Å². The number of rotatable bonds is 2. The topological polar surface area (TPSA) is 62.5 Å². The number of anilines is 1. The van der Waals surface area contributed by atoms with Gasteiger partial charge in [0.25, 0.3) is 0 Å². The quantitative estimate of drug-likeness (QED) is 0.807. The standard InChI is InChI=1S/C16H21F3N4O.2ClH/c17-16(18,19)12-3-6-21-13(11-12)22-7-9-23(10-8-22)14(24)15(20)4-1-2-5-15;;/h3,6,11H,1-2,4-5,7-10,20H2;2*1H. The van der Waals surface area contributed by atoms with Crippen LogP contribution in [0.15, 0.2) is 18.3 Å². The molecule has 0 bridgehead atoms. The summed E-state index contributed by atoms with van der Waals surface area (Å²) in [5, 5.41) is 0. The lowest BCUT2D eigenvalue weighted by Gasteiger charge is -2.39. The molecule has 0 atom stereocenters. The minimum absolute atomic E-state index is 0. The lowest BCUT2D eigenvalue weighted by atomic mass is 9.97. The van der Waals surface area contributed by atoms with Crippen LogP contribution in [-0.2, 0) is 11.0 Å². The number of alkyl halides is 3. The molecule has 1 aliphatic carbocycles. The van der Waals surface area contributed by atoms with Gasteiger partial charge in [0, 0.05) is 32.4 Å². The van der Waals surface area contributed by atoms with E-state index in [1.807, 2.05) is 0 Å². The Labute approximate surface area is 162 Å².